The van der Waals surface area contributed by atoms with Crippen LogP contribution in [0, 0.1) is 25.6 Å². The first-order chi connectivity index (χ1) is 9.58. The molecular formula is C18H21FO. The summed E-state index contributed by atoms with van der Waals surface area (Å²) in [6.07, 6.45) is 1.61. The quantitative estimate of drug-likeness (QED) is 0.877. The molecule has 0 fully saturated rings. The van der Waals surface area contributed by atoms with Crippen molar-refractivity contribution in [3.8, 4) is 0 Å². The fourth-order valence-corrected chi connectivity index (χ4v) is 2.42. The summed E-state index contributed by atoms with van der Waals surface area (Å²) in [6.45, 7) is 4.35. The van der Waals surface area contributed by atoms with Crippen LogP contribution in [0.3, 0.4) is 0 Å². The molecule has 0 amide bonds. The van der Waals surface area contributed by atoms with Crippen molar-refractivity contribution in [1.82, 2.24) is 0 Å². The van der Waals surface area contributed by atoms with E-state index in [1.807, 2.05) is 0 Å². The molecule has 2 rings (SSSR count). The van der Waals surface area contributed by atoms with Crippen LogP contribution in [0.2, 0.25) is 0 Å². The molecule has 0 bridgehead atoms. The summed E-state index contributed by atoms with van der Waals surface area (Å²) in [5.74, 6) is -0.0500. The van der Waals surface area contributed by atoms with Crippen molar-refractivity contribution < 1.29 is 9.50 Å². The lowest BCUT2D eigenvalue weighted by Gasteiger charge is -2.15. The molecule has 0 radical (unpaired) electrons. The van der Waals surface area contributed by atoms with Gasteiger partial charge >= 0.3 is 0 Å². The van der Waals surface area contributed by atoms with Crippen molar-refractivity contribution in [1.29, 1.82) is 0 Å². The Morgan fingerprint density at radius 1 is 0.900 bits per heavy atom. The third-order valence-electron chi connectivity index (χ3n) is 3.79. The van der Waals surface area contributed by atoms with Crippen LogP contribution in [-0.2, 0) is 12.8 Å². The molecule has 0 spiro atoms. The van der Waals surface area contributed by atoms with Gasteiger partial charge in [0.15, 0.2) is 0 Å². The molecule has 0 heterocycles. The van der Waals surface area contributed by atoms with Gasteiger partial charge in [0.05, 0.1) is 0 Å². The zero-order valence-corrected chi connectivity index (χ0v) is 12.1. The summed E-state index contributed by atoms with van der Waals surface area (Å²) in [6, 6.07) is 13.0. The third-order valence-corrected chi connectivity index (χ3v) is 3.79. The highest BCUT2D eigenvalue weighted by molar-refractivity contribution is 5.30. The van der Waals surface area contributed by atoms with Gasteiger partial charge in [-0.3, -0.25) is 0 Å². The molecule has 0 aromatic heterocycles. The Hall–Kier alpha value is -1.67. The lowest BCUT2D eigenvalue weighted by molar-refractivity contribution is 0.225. The fourth-order valence-electron chi connectivity index (χ4n) is 2.42. The Bertz CT molecular complexity index is 560. The van der Waals surface area contributed by atoms with E-state index >= 15 is 0 Å². The van der Waals surface area contributed by atoms with E-state index in [1.165, 1.54) is 28.8 Å². The standard InChI is InChI=1S/C18H21FO/c1-13-3-4-16(9-14(13)2)11-17(12-20)10-15-5-7-18(19)8-6-15/h3-9,17,20H,10-12H2,1-2H3. The summed E-state index contributed by atoms with van der Waals surface area (Å²) >= 11 is 0. The smallest absolute Gasteiger partial charge is 0.123 e. The van der Waals surface area contributed by atoms with E-state index in [0.717, 1.165) is 18.4 Å². The lowest BCUT2D eigenvalue weighted by Crippen LogP contribution is -2.13. The van der Waals surface area contributed by atoms with Gasteiger partial charge in [-0.05, 0) is 67.0 Å². The number of halogens is 1. The van der Waals surface area contributed by atoms with Gasteiger partial charge in [-0.1, -0.05) is 30.3 Å². The Labute approximate surface area is 120 Å². The summed E-state index contributed by atoms with van der Waals surface area (Å²) in [5, 5.41) is 9.55. The van der Waals surface area contributed by atoms with Crippen molar-refractivity contribution >= 4 is 0 Å². The van der Waals surface area contributed by atoms with E-state index in [4.69, 9.17) is 0 Å². The average Bonchev–Trinajstić information content (AvgIpc) is 2.44. The molecule has 2 heteroatoms. The zero-order chi connectivity index (χ0) is 14.5. The van der Waals surface area contributed by atoms with Crippen LogP contribution in [0.4, 0.5) is 4.39 Å². The Kier molecular flexibility index (Phi) is 4.91. The van der Waals surface area contributed by atoms with Gasteiger partial charge in [0, 0.05) is 6.61 Å². The number of benzene rings is 2. The number of rotatable bonds is 5. The van der Waals surface area contributed by atoms with Crippen LogP contribution >= 0.6 is 0 Å². The second-order valence-electron chi connectivity index (χ2n) is 5.50. The van der Waals surface area contributed by atoms with Crippen molar-refractivity contribution in [2.45, 2.75) is 26.7 Å². The van der Waals surface area contributed by atoms with Crippen molar-refractivity contribution in [3.05, 3.63) is 70.5 Å². The number of aliphatic hydroxyl groups excluding tert-OH is 1. The van der Waals surface area contributed by atoms with Crippen LogP contribution in [0.15, 0.2) is 42.5 Å². The van der Waals surface area contributed by atoms with Gasteiger partial charge in [-0.15, -0.1) is 0 Å². The Balaban J connectivity index is 2.04. The third kappa shape index (κ3) is 3.91. The van der Waals surface area contributed by atoms with Gasteiger partial charge in [0.1, 0.15) is 5.82 Å². The number of aliphatic hydroxyl groups is 1. The largest absolute Gasteiger partial charge is 0.396 e. The highest BCUT2D eigenvalue weighted by atomic mass is 19.1. The first-order valence-electron chi connectivity index (χ1n) is 7.00. The van der Waals surface area contributed by atoms with Gasteiger partial charge in [0.2, 0.25) is 0 Å². The number of aryl methyl sites for hydroxylation is 2. The molecule has 1 N–H and O–H groups in total. The van der Waals surface area contributed by atoms with E-state index in [2.05, 4.69) is 32.0 Å². The summed E-state index contributed by atoms with van der Waals surface area (Å²) in [4.78, 5) is 0. The van der Waals surface area contributed by atoms with E-state index in [1.54, 1.807) is 12.1 Å². The van der Waals surface area contributed by atoms with Gasteiger partial charge < -0.3 is 5.11 Å². The van der Waals surface area contributed by atoms with Crippen LogP contribution in [0.1, 0.15) is 22.3 Å². The normalized spacial score (nSPS) is 12.4. The van der Waals surface area contributed by atoms with E-state index in [9.17, 15) is 9.50 Å². The fraction of sp³-hybridized carbons (Fsp3) is 0.333. The molecule has 0 aliphatic carbocycles. The van der Waals surface area contributed by atoms with Gasteiger partial charge in [-0.2, -0.15) is 0 Å². The van der Waals surface area contributed by atoms with Crippen LogP contribution in [0.5, 0.6) is 0 Å². The van der Waals surface area contributed by atoms with Crippen LogP contribution in [-0.4, -0.2) is 11.7 Å². The summed E-state index contributed by atoms with van der Waals surface area (Å²) < 4.78 is 12.9. The van der Waals surface area contributed by atoms with E-state index < -0.39 is 0 Å². The Morgan fingerprint density at radius 2 is 1.50 bits per heavy atom. The predicted octanol–water partition coefficient (Wildman–Crippen LogP) is 3.84. The number of hydrogen-bond donors (Lipinski definition) is 1. The molecule has 2 aromatic carbocycles. The molecule has 106 valence electrons. The molecule has 1 atom stereocenters. The van der Waals surface area contributed by atoms with Crippen LogP contribution in [0.25, 0.3) is 0 Å². The first kappa shape index (κ1) is 14.7. The SMILES string of the molecule is Cc1ccc(CC(CO)Cc2ccc(F)cc2)cc1C. The molecule has 0 aliphatic rings. The van der Waals surface area contributed by atoms with Crippen molar-refractivity contribution in [2.24, 2.45) is 5.92 Å². The molecule has 20 heavy (non-hydrogen) atoms. The number of hydrogen-bond acceptors (Lipinski definition) is 1. The van der Waals surface area contributed by atoms with E-state index in [0.29, 0.717) is 0 Å². The summed E-state index contributed by atoms with van der Waals surface area (Å²) in [5.41, 5.74) is 4.87. The molecule has 0 aliphatic heterocycles. The average molecular weight is 272 g/mol. The van der Waals surface area contributed by atoms with Crippen molar-refractivity contribution in [3.63, 3.8) is 0 Å². The highest BCUT2D eigenvalue weighted by Crippen LogP contribution is 2.17. The monoisotopic (exact) mass is 272 g/mol. The molecule has 0 saturated heterocycles. The minimum atomic E-state index is -0.219. The van der Waals surface area contributed by atoms with Gasteiger partial charge in [0.25, 0.3) is 0 Å². The van der Waals surface area contributed by atoms with E-state index in [-0.39, 0.29) is 18.3 Å². The topological polar surface area (TPSA) is 20.2 Å². The Morgan fingerprint density at radius 3 is 2.10 bits per heavy atom. The molecular weight excluding hydrogens is 251 g/mol. The molecule has 1 unspecified atom stereocenters. The predicted molar refractivity (Wildman–Crippen MR) is 80.3 cm³/mol. The molecule has 2 aromatic rings. The second-order valence-corrected chi connectivity index (χ2v) is 5.50. The maximum absolute atomic E-state index is 12.9. The maximum Gasteiger partial charge on any atom is 0.123 e. The zero-order valence-electron chi connectivity index (χ0n) is 12.1. The lowest BCUT2D eigenvalue weighted by atomic mass is 9.92. The van der Waals surface area contributed by atoms with Crippen molar-refractivity contribution in [2.75, 3.05) is 6.61 Å². The minimum absolute atomic E-state index is 0.143. The molecule has 0 saturated carbocycles. The first-order valence-corrected chi connectivity index (χ1v) is 7.00. The summed E-state index contributed by atoms with van der Waals surface area (Å²) in [7, 11) is 0. The van der Waals surface area contributed by atoms with Gasteiger partial charge in [-0.25, -0.2) is 4.39 Å². The molecule has 1 nitrogen and oxygen atoms in total. The maximum atomic E-state index is 12.9. The highest BCUT2D eigenvalue weighted by Gasteiger charge is 2.10. The second kappa shape index (κ2) is 6.67. The van der Waals surface area contributed by atoms with Crippen LogP contribution < -0.4 is 0 Å². The minimum Gasteiger partial charge on any atom is -0.396 e.